The highest BCUT2D eigenvalue weighted by Crippen LogP contribution is 2.25. The number of fused-ring (bicyclic) bond motifs is 1. The molecule has 10 nitrogen and oxygen atoms in total. The Labute approximate surface area is 180 Å². The molecule has 0 aliphatic heterocycles. The molecule has 0 saturated heterocycles. The average molecular weight is 425 g/mol. The minimum Gasteiger partial charge on any atom is -0.426 e. The van der Waals surface area contributed by atoms with Crippen molar-refractivity contribution in [3.05, 3.63) is 29.8 Å². The number of carbonyl (C=O) groups excluding carboxylic acids is 1. The fraction of sp³-hybridized carbons (Fsp3) is 0.476. The van der Waals surface area contributed by atoms with Crippen LogP contribution in [0.3, 0.4) is 0 Å². The summed E-state index contributed by atoms with van der Waals surface area (Å²) in [5.74, 6) is 1.21. The Morgan fingerprint density at radius 1 is 1.26 bits per heavy atom. The number of para-hydroxylation sites is 1. The molecule has 2 atom stereocenters. The molecule has 31 heavy (non-hydrogen) atoms. The number of nitrogens with zero attached hydrogens (tertiary/aromatic N) is 5. The SMILES string of the molecule is CCn1nnc2c(NCc3ccccc3OC(C)=O)nc(NC3CCCCC3N)nc21. The van der Waals surface area contributed by atoms with Crippen LogP contribution in [-0.2, 0) is 17.9 Å². The lowest BCUT2D eigenvalue weighted by Crippen LogP contribution is -2.43. The van der Waals surface area contributed by atoms with E-state index in [9.17, 15) is 4.79 Å². The van der Waals surface area contributed by atoms with Crippen molar-refractivity contribution in [3.8, 4) is 5.75 Å². The van der Waals surface area contributed by atoms with Gasteiger partial charge in [0, 0.05) is 37.7 Å². The lowest BCUT2D eigenvalue weighted by atomic mass is 9.91. The molecular weight excluding hydrogens is 396 g/mol. The zero-order valence-electron chi connectivity index (χ0n) is 17.8. The van der Waals surface area contributed by atoms with Crippen LogP contribution >= 0.6 is 0 Å². The molecule has 3 aromatic rings. The first-order chi connectivity index (χ1) is 15.0. The molecule has 10 heteroatoms. The third-order valence-electron chi connectivity index (χ3n) is 5.47. The van der Waals surface area contributed by atoms with E-state index in [1.807, 2.05) is 25.1 Å². The number of aromatic nitrogens is 5. The van der Waals surface area contributed by atoms with E-state index in [2.05, 4.69) is 30.9 Å². The van der Waals surface area contributed by atoms with Crippen molar-refractivity contribution in [3.63, 3.8) is 0 Å². The maximum atomic E-state index is 11.4. The number of rotatable bonds is 7. The normalized spacial score (nSPS) is 18.7. The Balaban J connectivity index is 1.62. The Bertz CT molecular complexity index is 1070. The Kier molecular flexibility index (Phi) is 6.26. The van der Waals surface area contributed by atoms with Gasteiger partial charge >= 0.3 is 5.97 Å². The van der Waals surface area contributed by atoms with Crippen molar-refractivity contribution in [1.82, 2.24) is 25.0 Å². The number of ether oxygens (including phenoxy) is 1. The second-order valence-electron chi connectivity index (χ2n) is 7.73. The van der Waals surface area contributed by atoms with Gasteiger partial charge in [-0.3, -0.25) is 4.79 Å². The number of anilines is 2. The van der Waals surface area contributed by atoms with E-state index in [-0.39, 0.29) is 18.1 Å². The minimum absolute atomic E-state index is 0.0780. The van der Waals surface area contributed by atoms with E-state index in [4.69, 9.17) is 10.5 Å². The molecule has 2 aromatic heterocycles. The topological polar surface area (TPSA) is 133 Å². The van der Waals surface area contributed by atoms with Gasteiger partial charge in [0.05, 0.1) is 0 Å². The molecule has 4 N–H and O–H groups in total. The highest BCUT2D eigenvalue weighted by Gasteiger charge is 2.23. The van der Waals surface area contributed by atoms with E-state index in [1.54, 1.807) is 10.7 Å². The van der Waals surface area contributed by atoms with Gasteiger partial charge in [0.2, 0.25) is 5.95 Å². The first-order valence-corrected chi connectivity index (χ1v) is 10.7. The van der Waals surface area contributed by atoms with Crippen LogP contribution in [0.5, 0.6) is 5.75 Å². The molecular formula is C21H28N8O2. The summed E-state index contributed by atoms with van der Waals surface area (Å²) in [7, 11) is 0. The summed E-state index contributed by atoms with van der Waals surface area (Å²) >= 11 is 0. The smallest absolute Gasteiger partial charge is 0.308 e. The van der Waals surface area contributed by atoms with Gasteiger partial charge in [-0.2, -0.15) is 9.97 Å². The van der Waals surface area contributed by atoms with Crippen LogP contribution in [0, 0.1) is 0 Å². The monoisotopic (exact) mass is 424 g/mol. The van der Waals surface area contributed by atoms with Crippen LogP contribution in [0.1, 0.15) is 45.1 Å². The number of hydrogen-bond donors (Lipinski definition) is 3. The van der Waals surface area contributed by atoms with E-state index in [0.29, 0.717) is 41.8 Å². The van der Waals surface area contributed by atoms with Gasteiger partial charge in [-0.1, -0.05) is 36.3 Å². The molecule has 1 aliphatic carbocycles. The molecule has 0 bridgehead atoms. The van der Waals surface area contributed by atoms with Gasteiger partial charge in [0.15, 0.2) is 17.0 Å². The zero-order chi connectivity index (χ0) is 21.8. The van der Waals surface area contributed by atoms with Crippen molar-refractivity contribution in [2.45, 2.75) is 64.7 Å². The minimum atomic E-state index is -0.363. The van der Waals surface area contributed by atoms with Crippen LogP contribution in [0.2, 0.25) is 0 Å². The van der Waals surface area contributed by atoms with Gasteiger partial charge in [-0.05, 0) is 25.8 Å². The van der Waals surface area contributed by atoms with Crippen LogP contribution in [0.25, 0.3) is 11.2 Å². The largest absolute Gasteiger partial charge is 0.426 e. The number of carbonyl (C=O) groups is 1. The molecule has 164 valence electrons. The highest BCUT2D eigenvalue weighted by molar-refractivity contribution is 5.83. The zero-order valence-corrected chi connectivity index (χ0v) is 17.8. The maximum absolute atomic E-state index is 11.4. The number of nitrogens with two attached hydrogens (primary N) is 1. The predicted octanol–water partition coefficient (Wildman–Crippen LogP) is 2.46. The van der Waals surface area contributed by atoms with Crippen molar-refractivity contribution in [1.29, 1.82) is 0 Å². The van der Waals surface area contributed by atoms with Crippen molar-refractivity contribution < 1.29 is 9.53 Å². The van der Waals surface area contributed by atoms with Crippen molar-refractivity contribution in [2.75, 3.05) is 10.6 Å². The number of benzene rings is 1. The molecule has 0 spiro atoms. The van der Waals surface area contributed by atoms with Gasteiger partial charge < -0.3 is 21.1 Å². The van der Waals surface area contributed by atoms with E-state index >= 15 is 0 Å². The Hall–Kier alpha value is -3.27. The van der Waals surface area contributed by atoms with E-state index in [0.717, 1.165) is 31.2 Å². The summed E-state index contributed by atoms with van der Waals surface area (Å²) in [6, 6.07) is 7.59. The lowest BCUT2D eigenvalue weighted by Gasteiger charge is -2.29. The van der Waals surface area contributed by atoms with Gasteiger partial charge in [0.25, 0.3) is 0 Å². The van der Waals surface area contributed by atoms with Crippen molar-refractivity contribution in [2.24, 2.45) is 5.73 Å². The molecule has 1 saturated carbocycles. The Morgan fingerprint density at radius 3 is 2.84 bits per heavy atom. The van der Waals surface area contributed by atoms with Crippen molar-refractivity contribution >= 4 is 28.9 Å². The second kappa shape index (κ2) is 9.25. The summed E-state index contributed by atoms with van der Waals surface area (Å²) in [6.07, 6.45) is 4.28. The summed E-state index contributed by atoms with van der Waals surface area (Å²) < 4.78 is 7.05. The summed E-state index contributed by atoms with van der Waals surface area (Å²) in [4.78, 5) is 20.7. The third kappa shape index (κ3) is 4.74. The molecule has 2 heterocycles. The Morgan fingerprint density at radius 2 is 2.06 bits per heavy atom. The first-order valence-electron chi connectivity index (χ1n) is 10.7. The van der Waals surface area contributed by atoms with Gasteiger partial charge in [0.1, 0.15) is 5.75 Å². The fourth-order valence-corrected chi connectivity index (χ4v) is 3.84. The van der Waals surface area contributed by atoms with Crippen LogP contribution in [-0.4, -0.2) is 43.0 Å². The second-order valence-corrected chi connectivity index (χ2v) is 7.73. The highest BCUT2D eigenvalue weighted by atomic mass is 16.5. The van der Waals surface area contributed by atoms with Gasteiger partial charge in [-0.15, -0.1) is 5.10 Å². The molecule has 0 radical (unpaired) electrons. The molecule has 1 fully saturated rings. The maximum Gasteiger partial charge on any atom is 0.308 e. The van der Waals surface area contributed by atoms with Gasteiger partial charge in [-0.25, -0.2) is 4.68 Å². The predicted molar refractivity (Wildman–Crippen MR) is 118 cm³/mol. The quantitative estimate of drug-likeness (QED) is 0.386. The molecule has 2 unspecified atom stereocenters. The summed E-state index contributed by atoms with van der Waals surface area (Å²) in [5.41, 5.74) is 8.37. The van der Waals surface area contributed by atoms with Crippen LogP contribution in [0.4, 0.5) is 11.8 Å². The number of esters is 1. The number of aryl methyl sites for hydroxylation is 1. The lowest BCUT2D eigenvalue weighted by molar-refractivity contribution is -0.131. The third-order valence-corrected chi connectivity index (χ3v) is 5.47. The first kappa shape index (κ1) is 21.0. The van der Waals surface area contributed by atoms with E-state index < -0.39 is 0 Å². The van der Waals surface area contributed by atoms with E-state index in [1.165, 1.54) is 6.92 Å². The van der Waals surface area contributed by atoms with Crippen LogP contribution in [0.15, 0.2) is 24.3 Å². The number of nitrogens with one attached hydrogen (secondary N) is 2. The summed E-state index contributed by atoms with van der Waals surface area (Å²) in [6.45, 7) is 4.42. The molecule has 1 aromatic carbocycles. The summed E-state index contributed by atoms with van der Waals surface area (Å²) in [5, 5.41) is 15.2. The molecule has 1 aliphatic rings. The number of hydrogen-bond acceptors (Lipinski definition) is 9. The standard InChI is InChI=1S/C21H28N8O2/c1-3-29-20-18(27-28-29)19(23-12-14-8-4-7-11-17(14)31-13(2)30)25-21(26-20)24-16-10-6-5-9-15(16)22/h4,7-8,11,15-16H,3,5-6,9-10,12,22H2,1-2H3,(H2,23,24,25,26). The average Bonchev–Trinajstić information content (AvgIpc) is 3.17. The molecule has 4 rings (SSSR count). The van der Waals surface area contributed by atoms with Crippen LogP contribution < -0.4 is 21.1 Å². The fourth-order valence-electron chi connectivity index (χ4n) is 3.84. The molecule has 0 amide bonds.